The summed E-state index contributed by atoms with van der Waals surface area (Å²) in [6, 6.07) is 10.8. The molecule has 1 saturated heterocycles. The Morgan fingerprint density at radius 2 is 1.97 bits per heavy atom. The summed E-state index contributed by atoms with van der Waals surface area (Å²) in [5.41, 5.74) is 1.26. The fourth-order valence-corrected chi connectivity index (χ4v) is 4.43. The Hall–Kier alpha value is -3.13. The summed E-state index contributed by atoms with van der Waals surface area (Å²) in [5, 5.41) is 0. The molecule has 170 valence electrons. The number of ether oxygens (including phenoxy) is 3. The van der Waals surface area contributed by atoms with Crippen LogP contribution in [-0.4, -0.2) is 68.7 Å². The molecule has 0 unspecified atom stereocenters. The molecule has 2 aliphatic heterocycles. The minimum Gasteiger partial charge on any atom is -0.497 e. The van der Waals surface area contributed by atoms with Gasteiger partial charge in [-0.25, -0.2) is 4.39 Å². The van der Waals surface area contributed by atoms with Crippen molar-refractivity contribution in [3.8, 4) is 11.5 Å². The van der Waals surface area contributed by atoms with Crippen molar-refractivity contribution in [2.24, 2.45) is 5.92 Å². The van der Waals surface area contributed by atoms with E-state index < -0.39 is 5.82 Å². The number of carbonyl (C=O) groups is 2. The van der Waals surface area contributed by atoms with E-state index in [9.17, 15) is 14.0 Å². The smallest absolute Gasteiger partial charge is 0.254 e. The van der Waals surface area contributed by atoms with Gasteiger partial charge < -0.3 is 24.0 Å². The highest BCUT2D eigenvalue weighted by Crippen LogP contribution is 2.42. The van der Waals surface area contributed by atoms with E-state index in [2.05, 4.69) is 0 Å². The lowest BCUT2D eigenvalue weighted by Crippen LogP contribution is -2.51. The Morgan fingerprint density at radius 3 is 2.69 bits per heavy atom. The fourth-order valence-electron chi connectivity index (χ4n) is 4.43. The van der Waals surface area contributed by atoms with E-state index in [-0.39, 0.29) is 36.7 Å². The molecule has 0 bridgehead atoms. The number of methoxy groups -OCH3 is 2. The van der Waals surface area contributed by atoms with E-state index in [1.54, 1.807) is 24.0 Å². The molecular weight excluding hydrogens is 415 g/mol. The van der Waals surface area contributed by atoms with E-state index in [0.717, 1.165) is 5.56 Å². The van der Waals surface area contributed by atoms with Crippen LogP contribution in [0.2, 0.25) is 0 Å². The van der Waals surface area contributed by atoms with Gasteiger partial charge >= 0.3 is 0 Å². The third-order valence-corrected chi connectivity index (χ3v) is 6.07. The highest BCUT2D eigenvalue weighted by Gasteiger charge is 2.41. The first-order chi connectivity index (χ1) is 15.5. The molecule has 7 nitrogen and oxygen atoms in total. The number of rotatable bonds is 5. The van der Waals surface area contributed by atoms with Gasteiger partial charge in [-0.05, 0) is 36.4 Å². The van der Waals surface area contributed by atoms with Crippen molar-refractivity contribution in [3.05, 3.63) is 59.4 Å². The van der Waals surface area contributed by atoms with Crippen molar-refractivity contribution < 1.29 is 28.2 Å². The maximum Gasteiger partial charge on any atom is 0.254 e. The number of benzene rings is 2. The summed E-state index contributed by atoms with van der Waals surface area (Å²) in [6.45, 7) is 1.99. The summed E-state index contributed by atoms with van der Waals surface area (Å²) in [7, 11) is 3.20. The van der Waals surface area contributed by atoms with E-state index in [0.29, 0.717) is 43.4 Å². The predicted molar refractivity (Wildman–Crippen MR) is 115 cm³/mol. The minimum atomic E-state index is -0.403. The molecule has 0 radical (unpaired) electrons. The number of halogens is 1. The second kappa shape index (κ2) is 9.56. The van der Waals surface area contributed by atoms with Crippen LogP contribution in [0.1, 0.15) is 28.4 Å². The van der Waals surface area contributed by atoms with Crippen LogP contribution in [0.15, 0.2) is 42.5 Å². The number of hydrogen-bond donors (Lipinski definition) is 0. The van der Waals surface area contributed by atoms with Crippen molar-refractivity contribution in [3.63, 3.8) is 0 Å². The Bertz CT molecular complexity index is 981. The standard InChI is InChI=1S/C24H27FN2O5/c1-30-12-11-26-14-17-15-32-21-13-19(31-2)7-8-20(21)23(17)27(10-9-22(26)28)24(29)16-3-5-18(25)6-4-16/h3-8,13,17,23H,9-12,14-15H2,1-2H3/t17-,23-/m0/s1. The third kappa shape index (κ3) is 4.41. The van der Waals surface area contributed by atoms with Crippen molar-refractivity contribution in [2.75, 3.05) is 47.1 Å². The van der Waals surface area contributed by atoms with Gasteiger partial charge in [0.1, 0.15) is 17.3 Å². The van der Waals surface area contributed by atoms with E-state index in [1.165, 1.54) is 24.3 Å². The second-order valence-electron chi connectivity index (χ2n) is 8.01. The average Bonchev–Trinajstić information content (AvgIpc) is 2.81. The largest absolute Gasteiger partial charge is 0.497 e. The normalized spacial score (nSPS) is 20.5. The van der Waals surface area contributed by atoms with Crippen LogP contribution in [0.3, 0.4) is 0 Å². The number of amides is 2. The van der Waals surface area contributed by atoms with Gasteiger partial charge in [0.15, 0.2) is 0 Å². The molecule has 8 heteroatoms. The number of carbonyl (C=O) groups excluding carboxylic acids is 2. The van der Waals surface area contributed by atoms with E-state index >= 15 is 0 Å². The molecule has 32 heavy (non-hydrogen) atoms. The average molecular weight is 442 g/mol. The first-order valence-electron chi connectivity index (χ1n) is 10.7. The van der Waals surface area contributed by atoms with Gasteiger partial charge in [0.2, 0.25) is 5.91 Å². The van der Waals surface area contributed by atoms with Gasteiger partial charge in [-0.3, -0.25) is 9.59 Å². The lowest BCUT2D eigenvalue weighted by atomic mass is 9.87. The molecule has 2 amide bonds. The van der Waals surface area contributed by atoms with Crippen molar-refractivity contribution in [2.45, 2.75) is 12.5 Å². The molecule has 2 atom stereocenters. The second-order valence-corrected chi connectivity index (χ2v) is 8.01. The van der Waals surface area contributed by atoms with Crippen LogP contribution >= 0.6 is 0 Å². The summed E-state index contributed by atoms with van der Waals surface area (Å²) in [5.74, 6) is 0.542. The lowest BCUT2D eigenvalue weighted by molar-refractivity contribution is -0.135. The summed E-state index contributed by atoms with van der Waals surface area (Å²) in [6.07, 6.45) is 0.201. The van der Waals surface area contributed by atoms with Crippen LogP contribution in [0.5, 0.6) is 11.5 Å². The van der Waals surface area contributed by atoms with Gasteiger partial charge in [-0.2, -0.15) is 0 Å². The van der Waals surface area contributed by atoms with Crippen LogP contribution in [0.25, 0.3) is 0 Å². The SMILES string of the molecule is COCCN1C[C@H]2COc3cc(OC)ccc3[C@H]2N(C(=O)c2ccc(F)cc2)CCC1=O. The van der Waals surface area contributed by atoms with Crippen molar-refractivity contribution in [1.29, 1.82) is 0 Å². The Morgan fingerprint density at radius 1 is 1.19 bits per heavy atom. The van der Waals surface area contributed by atoms with E-state index in [4.69, 9.17) is 14.2 Å². The van der Waals surface area contributed by atoms with Crippen molar-refractivity contribution >= 4 is 11.8 Å². The molecule has 4 rings (SSSR count). The topological polar surface area (TPSA) is 68.3 Å². The molecule has 2 heterocycles. The number of hydrogen-bond acceptors (Lipinski definition) is 5. The summed E-state index contributed by atoms with van der Waals surface area (Å²) >= 11 is 0. The van der Waals surface area contributed by atoms with Gasteiger partial charge in [0.05, 0.1) is 26.4 Å². The monoisotopic (exact) mass is 442 g/mol. The zero-order chi connectivity index (χ0) is 22.7. The molecule has 0 aliphatic carbocycles. The first-order valence-corrected chi connectivity index (χ1v) is 10.7. The highest BCUT2D eigenvalue weighted by molar-refractivity contribution is 5.95. The zero-order valence-electron chi connectivity index (χ0n) is 18.3. The van der Waals surface area contributed by atoms with Gasteiger partial charge in [0.25, 0.3) is 5.91 Å². The summed E-state index contributed by atoms with van der Waals surface area (Å²) < 4.78 is 30.0. The third-order valence-electron chi connectivity index (χ3n) is 6.07. The Labute approximate surface area is 186 Å². The Balaban J connectivity index is 1.73. The molecule has 2 aliphatic rings. The number of nitrogens with zero attached hydrogens (tertiary/aromatic N) is 2. The molecule has 2 aromatic rings. The van der Waals surface area contributed by atoms with Gasteiger partial charge in [0, 0.05) is 56.3 Å². The van der Waals surface area contributed by atoms with Gasteiger partial charge in [-0.15, -0.1) is 0 Å². The molecule has 1 fully saturated rings. The number of fused-ring (bicyclic) bond motifs is 3. The molecule has 0 aromatic heterocycles. The quantitative estimate of drug-likeness (QED) is 0.712. The van der Waals surface area contributed by atoms with Crippen molar-refractivity contribution in [1.82, 2.24) is 9.80 Å². The highest BCUT2D eigenvalue weighted by atomic mass is 19.1. The maximum absolute atomic E-state index is 13.5. The van der Waals surface area contributed by atoms with Crippen LogP contribution < -0.4 is 9.47 Å². The summed E-state index contributed by atoms with van der Waals surface area (Å²) in [4.78, 5) is 29.9. The lowest BCUT2D eigenvalue weighted by Gasteiger charge is -2.44. The van der Waals surface area contributed by atoms with Crippen LogP contribution in [0.4, 0.5) is 4.39 Å². The first kappa shape index (κ1) is 22.1. The molecule has 0 saturated carbocycles. The maximum atomic E-state index is 13.5. The molecule has 2 aromatic carbocycles. The molecular formula is C24H27FN2O5. The molecule has 0 N–H and O–H groups in total. The van der Waals surface area contributed by atoms with E-state index in [1.807, 2.05) is 18.2 Å². The predicted octanol–water partition coefficient (Wildman–Crippen LogP) is 2.91. The van der Waals surface area contributed by atoms with Crippen LogP contribution in [0, 0.1) is 11.7 Å². The van der Waals surface area contributed by atoms with Gasteiger partial charge in [-0.1, -0.05) is 0 Å². The minimum absolute atomic E-state index is 0.0297. The Kier molecular flexibility index (Phi) is 6.60. The fraction of sp³-hybridized carbons (Fsp3) is 0.417. The molecule has 0 spiro atoms. The zero-order valence-corrected chi connectivity index (χ0v) is 18.3. The van der Waals surface area contributed by atoms with Crippen LogP contribution in [-0.2, 0) is 9.53 Å².